The molecule has 1 unspecified atom stereocenters. The minimum atomic E-state index is -3.66. The van der Waals surface area contributed by atoms with Crippen LogP contribution in [0.4, 0.5) is 10.3 Å². The Hall–Kier alpha value is -2.89. The number of aliphatic hydroxyl groups excluding tert-OH is 2. The van der Waals surface area contributed by atoms with Gasteiger partial charge in [0.25, 0.3) is 0 Å². The predicted octanol–water partition coefficient (Wildman–Crippen LogP) is 2.38. The number of carboxylic acid groups (broad SMARTS) is 1. The summed E-state index contributed by atoms with van der Waals surface area (Å²) in [6.45, 7) is 3.68. The van der Waals surface area contributed by atoms with E-state index < -0.39 is 40.4 Å². The molecule has 0 saturated heterocycles. The van der Waals surface area contributed by atoms with Crippen LogP contribution in [0.15, 0.2) is 30.3 Å². The number of carboxylic acids is 1. The molecule has 0 radical (unpaired) electrons. The monoisotopic (exact) mass is 467 g/mol. The van der Waals surface area contributed by atoms with E-state index in [2.05, 4.69) is 14.7 Å². The topological polar surface area (TPSA) is 150 Å². The number of rotatable bonds is 10. The van der Waals surface area contributed by atoms with Gasteiger partial charge in [-0.2, -0.15) is 0 Å². The molecule has 1 aromatic heterocycles. The van der Waals surface area contributed by atoms with Gasteiger partial charge in [-0.3, -0.25) is 9.52 Å². The SMILES string of the molecule is CC(C)c1nc(NS(C)(=O)=O)nc(-c2ccc(F)cc2)c1/C=C/C(O)C[C@@H](O)CC(=O)O. The Balaban J connectivity index is 2.55. The second kappa shape index (κ2) is 10.6. The molecule has 32 heavy (non-hydrogen) atoms. The van der Waals surface area contributed by atoms with Crippen LogP contribution in [0.1, 0.15) is 43.9 Å². The third kappa shape index (κ3) is 7.66. The van der Waals surface area contributed by atoms with Crippen LogP contribution < -0.4 is 4.72 Å². The Morgan fingerprint density at radius 2 is 1.81 bits per heavy atom. The first kappa shape index (κ1) is 25.4. The Morgan fingerprint density at radius 1 is 1.19 bits per heavy atom. The number of sulfonamides is 1. The highest BCUT2D eigenvalue weighted by atomic mass is 32.2. The molecule has 174 valence electrons. The molecule has 2 rings (SSSR count). The van der Waals surface area contributed by atoms with Gasteiger partial charge in [-0.25, -0.2) is 22.8 Å². The summed E-state index contributed by atoms with van der Waals surface area (Å²) in [6.07, 6.45) is 0.779. The van der Waals surface area contributed by atoms with Crippen molar-refractivity contribution in [2.75, 3.05) is 11.0 Å². The summed E-state index contributed by atoms with van der Waals surface area (Å²) in [5.41, 5.74) is 1.74. The molecule has 0 aliphatic carbocycles. The van der Waals surface area contributed by atoms with E-state index in [0.29, 0.717) is 22.5 Å². The minimum absolute atomic E-state index is 0.148. The number of aliphatic carboxylic acids is 1. The third-order valence-corrected chi connectivity index (χ3v) is 4.88. The number of anilines is 1. The Labute approximate surface area is 185 Å². The second-order valence-electron chi connectivity index (χ2n) is 7.64. The lowest BCUT2D eigenvalue weighted by Crippen LogP contribution is -2.19. The van der Waals surface area contributed by atoms with E-state index >= 15 is 0 Å². The van der Waals surface area contributed by atoms with Gasteiger partial charge in [-0.15, -0.1) is 0 Å². The van der Waals surface area contributed by atoms with Crippen LogP contribution in [0.5, 0.6) is 0 Å². The van der Waals surface area contributed by atoms with Gasteiger partial charge in [-0.1, -0.05) is 26.0 Å². The lowest BCUT2D eigenvalue weighted by atomic mass is 9.97. The third-order valence-electron chi connectivity index (χ3n) is 4.33. The van der Waals surface area contributed by atoms with Crippen molar-refractivity contribution in [1.29, 1.82) is 0 Å². The average Bonchev–Trinajstić information content (AvgIpc) is 2.64. The maximum absolute atomic E-state index is 13.4. The van der Waals surface area contributed by atoms with Crippen molar-refractivity contribution < 1.29 is 32.9 Å². The van der Waals surface area contributed by atoms with Gasteiger partial charge < -0.3 is 15.3 Å². The lowest BCUT2D eigenvalue weighted by Gasteiger charge is -2.17. The summed E-state index contributed by atoms with van der Waals surface area (Å²) in [6, 6.07) is 5.44. The van der Waals surface area contributed by atoms with Crippen LogP contribution in [0.3, 0.4) is 0 Å². The first-order valence-corrected chi connectivity index (χ1v) is 11.7. The fraction of sp³-hybridized carbons (Fsp3) is 0.381. The number of aromatic nitrogens is 2. The Kier molecular flexibility index (Phi) is 8.42. The van der Waals surface area contributed by atoms with Gasteiger partial charge in [0.05, 0.1) is 36.3 Å². The largest absolute Gasteiger partial charge is 0.481 e. The van der Waals surface area contributed by atoms with Crippen molar-refractivity contribution >= 4 is 28.0 Å². The van der Waals surface area contributed by atoms with Gasteiger partial charge >= 0.3 is 5.97 Å². The predicted molar refractivity (Wildman–Crippen MR) is 118 cm³/mol. The molecule has 4 N–H and O–H groups in total. The highest BCUT2D eigenvalue weighted by molar-refractivity contribution is 7.91. The maximum Gasteiger partial charge on any atom is 0.305 e. The number of halogens is 1. The summed E-state index contributed by atoms with van der Waals surface area (Å²) in [5, 5.41) is 28.7. The molecule has 0 bridgehead atoms. The highest BCUT2D eigenvalue weighted by Gasteiger charge is 2.19. The summed E-state index contributed by atoms with van der Waals surface area (Å²) < 4.78 is 39.1. The summed E-state index contributed by atoms with van der Waals surface area (Å²) in [5.74, 6) is -1.96. The number of nitrogens with zero attached hydrogens (tertiary/aromatic N) is 2. The van der Waals surface area contributed by atoms with Crippen LogP contribution in [0, 0.1) is 5.82 Å². The van der Waals surface area contributed by atoms with E-state index in [1.54, 1.807) is 0 Å². The fourth-order valence-electron chi connectivity index (χ4n) is 2.98. The number of benzene rings is 1. The van der Waals surface area contributed by atoms with E-state index in [-0.39, 0.29) is 18.3 Å². The zero-order valence-corrected chi connectivity index (χ0v) is 18.7. The van der Waals surface area contributed by atoms with Crippen molar-refractivity contribution in [2.24, 2.45) is 0 Å². The Morgan fingerprint density at radius 3 is 2.34 bits per heavy atom. The second-order valence-corrected chi connectivity index (χ2v) is 9.39. The highest BCUT2D eigenvalue weighted by Crippen LogP contribution is 2.30. The van der Waals surface area contributed by atoms with Crippen molar-refractivity contribution in [3.63, 3.8) is 0 Å². The molecule has 1 heterocycles. The molecule has 9 nitrogen and oxygen atoms in total. The quantitative estimate of drug-likeness (QED) is 0.416. The van der Waals surface area contributed by atoms with Crippen molar-refractivity contribution in [3.8, 4) is 11.3 Å². The van der Waals surface area contributed by atoms with E-state index in [1.807, 2.05) is 13.8 Å². The molecule has 0 fully saturated rings. The van der Waals surface area contributed by atoms with Crippen LogP contribution >= 0.6 is 0 Å². The van der Waals surface area contributed by atoms with Crippen molar-refractivity contribution in [2.45, 2.75) is 44.8 Å². The van der Waals surface area contributed by atoms with Crippen LogP contribution in [0.2, 0.25) is 0 Å². The van der Waals surface area contributed by atoms with E-state index in [0.717, 1.165) is 6.26 Å². The van der Waals surface area contributed by atoms with Gasteiger partial charge in [0, 0.05) is 17.5 Å². The molecule has 0 amide bonds. The number of hydrogen-bond donors (Lipinski definition) is 4. The number of hydrogen-bond acceptors (Lipinski definition) is 7. The zero-order chi connectivity index (χ0) is 24.1. The number of aliphatic hydroxyl groups is 2. The number of nitrogens with one attached hydrogen (secondary N) is 1. The van der Waals surface area contributed by atoms with Gasteiger partial charge in [0.15, 0.2) is 0 Å². The first-order chi connectivity index (χ1) is 14.9. The number of carbonyl (C=O) groups is 1. The fourth-order valence-corrected chi connectivity index (χ4v) is 3.40. The van der Waals surface area contributed by atoms with E-state index in [1.165, 1.54) is 36.4 Å². The van der Waals surface area contributed by atoms with Crippen molar-refractivity contribution in [1.82, 2.24) is 9.97 Å². The molecule has 0 saturated carbocycles. The van der Waals surface area contributed by atoms with Gasteiger partial charge in [0.2, 0.25) is 16.0 Å². The maximum atomic E-state index is 13.4. The molecule has 2 aromatic rings. The molecule has 0 aliphatic rings. The summed E-state index contributed by atoms with van der Waals surface area (Å²) in [4.78, 5) is 19.3. The molecule has 11 heteroatoms. The van der Waals surface area contributed by atoms with Gasteiger partial charge in [-0.05, 0) is 30.2 Å². The van der Waals surface area contributed by atoms with E-state index in [4.69, 9.17) is 5.11 Å². The molecule has 0 spiro atoms. The summed E-state index contributed by atoms with van der Waals surface area (Å²) in [7, 11) is -3.66. The molecule has 0 aliphatic heterocycles. The average molecular weight is 468 g/mol. The van der Waals surface area contributed by atoms with Crippen LogP contribution in [-0.2, 0) is 14.8 Å². The standard InChI is InChI=1S/C21H26FN3O6S/c1-12(2)19-17(9-8-15(26)10-16(27)11-18(28)29)20(13-4-6-14(22)7-5-13)24-21(23-19)25-32(3,30)31/h4-9,12,15-16,26-27H,10-11H2,1-3H3,(H,28,29)(H,23,24,25)/b9-8+/t15?,16-/m1/s1. The molecular formula is C21H26FN3O6S. The van der Waals surface area contributed by atoms with Crippen LogP contribution in [0.25, 0.3) is 17.3 Å². The smallest absolute Gasteiger partial charge is 0.305 e. The van der Waals surface area contributed by atoms with E-state index in [9.17, 15) is 27.8 Å². The lowest BCUT2D eigenvalue weighted by molar-refractivity contribution is -0.139. The normalized spacial score (nSPS) is 14.0. The molecule has 2 atom stereocenters. The van der Waals surface area contributed by atoms with Gasteiger partial charge in [0.1, 0.15) is 5.82 Å². The molecular weight excluding hydrogens is 441 g/mol. The Bertz CT molecular complexity index is 1090. The van der Waals surface area contributed by atoms with Crippen LogP contribution in [-0.4, -0.2) is 58.1 Å². The molecule has 1 aromatic carbocycles. The first-order valence-electron chi connectivity index (χ1n) is 9.77. The minimum Gasteiger partial charge on any atom is -0.481 e. The summed E-state index contributed by atoms with van der Waals surface area (Å²) >= 11 is 0. The van der Waals surface area contributed by atoms with Crippen molar-refractivity contribution in [3.05, 3.63) is 47.4 Å². The zero-order valence-electron chi connectivity index (χ0n) is 17.9.